The van der Waals surface area contributed by atoms with E-state index in [-0.39, 0.29) is 23.7 Å². The Balaban J connectivity index is 2.50. The van der Waals surface area contributed by atoms with Crippen LogP contribution < -0.4 is 5.32 Å². The van der Waals surface area contributed by atoms with Crippen LogP contribution in [0.5, 0.6) is 0 Å². The second kappa shape index (κ2) is 7.71. The van der Waals surface area contributed by atoms with E-state index >= 15 is 0 Å². The van der Waals surface area contributed by atoms with Gasteiger partial charge in [-0.1, -0.05) is 11.6 Å². The standard InChI is InChI=1S/C14H20ClFN2O4/c1-14(2,3)22-13(21)17-5-4-10(19)12(20)8-6-11(15)18-7-9(8)16/h6-7,10,12,19-20H,4-5H2,1-3H3,(H,17,21). The minimum atomic E-state index is -1.47. The minimum absolute atomic E-state index is 0.00882. The zero-order chi connectivity index (χ0) is 16.9. The average molecular weight is 335 g/mol. The van der Waals surface area contributed by atoms with E-state index < -0.39 is 29.7 Å². The Kier molecular flexibility index (Phi) is 6.52. The lowest BCUT2D eigenvalue weighted by Crippen LogP contribution is -2.34. The Morgan fingerprint density at radius 1 is 1.50 bits per heavy atom. The maximum Gasteiger partial charge on any atom is 0.407 e. The van der Waals surface area contributed by atoms with E-state index in [2.05, 4.69) is 10.3 Å². The van der Waals surface area contributed by atoms with Gasteiger partial charge in [0.15, 0.2) is 0 Å². The van der Waals surface area contributed by atoms with Gasteiger partial charge in [0.25, 0.3) is 0 Å². The Morgan fingerprint density at radius 2 is 2.14 bits per heavy atom. The summed E-state index contributed by atoms with van der Waals surface area (Å²) in [4.78, 5) is 14.9. The molecule has 1 aromatic heterocycles. The van der Waals surface area contributed by atoms with Gasteiger partial charge < -0.3 is 20.3 Å². The molecule has 0 aliphatic carbocycles. The highest BCUT2D eigenvalue weighted by Crippen LogP contribution is 2.23. The number of aromatic nitrogens is 1. The lowest BCUT2D eigenvalue weighted by Gasteiger charge is -2.21. The number of amides is 1. The summed E-state index contributed by atoms with van der Waals surface area (Å²) in [5.41, 5.74) is -0.774. The largest absolute Gasteiger partial charge is 0.444 e. The fourth-order valence-electron chi connectivity index (χ4n) is 1.66. The minimum Gasteiger partial charge on any atom is -0.444 e. The molecule has 0 saturated carbocycles. The number of hydrogen-bond donors (Lipinski definition) is 3. The fourth-order valence-corrected chi connectivity index (χ4v) is 1.82. The van der Waals surface area contributed by atoms with Crippen LogP contribution in [-0.2, 0) is 4.74 Å². The molecule has 124 valence electrons. The normalized spacial score (nSPS) is 14.3. The summed E-state index contributed by atoms with van der Waals surface area (Å²) >= 11 is 5.63. The third-order valence-electron chi connectivity index (χ3n) is 2.64. The molecule has 22 heavy (non-hydrogen) atoms. The Labute approximate surface area is 133 Å². The number of pyridine rings is 1. The topological polar surface area (TPSA) is 91.7 Å². The van der Waals surface area contributed by atoms with Gasteiger partial charge in [0, 0.05) is 12.1 Å². The molecule has 0 radical (unpaired) electrons. The quantitative estimate of drug-likeness (QED) is 0.718. The van der Waals surface area contributed by atoms with Crippen molar-refractivity contribution in [3.63, 3.8) is 0 Å². The lowest BCUT2D eigenvalue weighted by atomic mass is 10.0. The average Bonchev–Trinajstić information content (AvgIpc) is 2.38. The molecule has 1 aromatic rings. The molecule has 0 spiro atoms. The molecule has 0 aliphatic heterocycles. The number of nitrogens with one attached hydrogen (secondary N) is 1. The van der Waals surface area contributed by atoms with Gasteiger partial charge in [0.05, 0.1) is 12.3 Å². The molecule has 6 nitrogen and oxygen atoms in total. The summed E-state index contributed by atoms with van der Waals surface area (Å²) < 4.78 is 18.6. The molecule has 2 atom stereocenters. The van der Waals surface area contributed by atoms with Crippen molar-refractivity contribution in [2.24, 2.45) is 0 Å². The third-order valence-corrected chi connectivity index (χ3v) is 2.85. The van der Waals surface area contributed by atoms with Gasteiger partial charge in [-0.15, -0.1) is 0 Å². The molecule has 8 heteroatoms. The van der Waals surface area contributed by atoms with E-state index in [0.717, 1.165) is 12.3 Å². The van der Waals surface area contributed by atoms with Crippen LogP contribution in [0.4, 0.5) is 9.18 Å². The van der Waals surface area contributed by atoms with E-state index in [1.54, 1.807) is 20.8 Å². The summed E-state index contributed by atoms with van der Waals surface area (Å²) in [5.74, 6) is -0.768. The molecule has 0 aromatic carbocycles. The van der Waals surface area contributed by atoms with Crippen LogP contribution in [0, 0.1) is 5.82 Å². The van der Waals surface area contributed by atoms with Crippen molar-refractivity contribution >= 4 is 17.7 Å². The monoisotopic (exact) mass is 334 g/mol. The summed E-state index contributed by atoms with van der Waals surface area (Å²) in [6.07, 6.45) is -2.50. The van der Waals surface area contributed by atoms with Gasteiger partial charge >= 0.3 is 6.09 Å². The Bertz CT molecular complexity index is 522. The van der Waals surface area contributed by atoms with Crippen molar-refractivity contribution in [2.75, 3.05) is 6.54 Å². The number of alkyl carbamates (subject to hydrolysis) is 1. The maximum absolute atomic E-state index is 13.5. The van der Waals surface area contributed by atoms with Crippen molar-refractivity contribution < 1.29 is 24.1 Å². The number of nitrogens with zero attached hydrogens (tertiary/aromatic N) is 1. The van der Waals surface area contributed by atoms with E-state index in [1.165, 1.54) is 0 Å². The van der Waals surface area contributed by atoms with Gasteiger partial charge in [-0.3, -0.25) is 0 Å². The van der Waals surface area contributed by atoms with E-state index in [9.17, 15) is 19.4 Å². The van der Waals surface area contributed by atoms with Gasteiger partial charge in [0.2, 0.25) is 0 Å². The van der Waals surface area contributed by atoms with Crippen LogP contribution in [-0.4, -0.2) is 39.5 Å². The van der Waals surface area contributed by atoms with Crippen molar-refractivity contribution in [2.45, 2.75) is 45.0 Å². The highest BCUT2D eigenvalue weighted by molar-refractivity contribution is 6.29. The summed E-state index contributed by atoms with van der Waals surface area (Å²) in [6.45, 7) is 5.23. The molecule has 0 fully saturated rings. The second-order valence-corrected chi connectivity index (χ2v) is 6.15. The maximum atomic E-state index is 13.5. The SMILES string of the molecule is CC(C)(C)OC(=O)NCCC(O)C(O)c1cc(Cl)ncc1F. The number of aliphatic hydroxyl groups is 2. The van der Waals surface area contributed by atoms with Gasteiger partial charge in [-0.05, 0) is 33.3 Å². The van der Waals surface area contributed by atoms with Gasteiger partial charge in [0.1, 0.15) is 22.7 Å². The molecular weight excluding hydrogens is 315 g/mol. The number of rotatable bonds is 5. The Hall–Kier alpha value is -1.44. The fraction of sp³-hybridized carbons (Fsp3) is 0.571. The summed E-state index contributed by atoms with van der Waals surface area (Å²) in [5, 5.41) is 22.2. The van der Waals surface area contributed by atoms with Crippen molar-refractivity contribution in [1.29, 1.82) is 0 Å². The zero-order valence-electron chi connectivity index (χ0n) is 12.6. The summed E-state index contributed by atoms with van der Waals surface area (Å²) in [6, 6.07) is 1.14. The number of halogens is 2. The first-order valence-electron chi connectivity index (χ1n) is 6.74. The zero-order valence-corrected chi connectivity index (χ0v) is 13.4. The number of carbonyl (C=O) groups excluding carboxylic acids is 1. The number of ether oxygens (including phenoxy) is 1. The highest BCUT2D eigenvalue weighted by Gasteiger charge is 2.23. The van der Waals surface area contributed by atoms with E-state index in [0.29, 0.717) is 0 Å². The predicted octanol–water partition coefficient (Wildman–Crippen LogP) is 2.18. The Morgan fingerprint density at radius 3 is 2.73 bits per heavy atom. The van der Waals surface area contributed by atoms with Crippen molar-refractivity contribution in [3.05, 3.63) is 28.8 Å². The second-order valence-electron chi connectivity index (χ2n) is 5.76. The van der Waals surface area contributed by atoms with Crippen molar-refractivity contribution in [3.8, 4) is 0 Å². The van der Waals surface area contributed by atoms with Crippen LogP contribution in [0.15, 0.2) is 12.3 Å². The van der Waals surface area contributed by atoms with Crippen LogP contribution in [0.2, 0.25) is 5.15 Å². The first-order chi connectivity index (χ1) is 10.1. The number of carbonyl (C=O) groups is 1. The molecule has 0 saturated heterocycles. The first-order valence-corrected chi connectivity index (χ1v) is 7.12. The molecule has 0 aliphatic rings. The number of hydrogen-bond acceptors (Lipinski definition) is 5. The smallest absolute Gasteiger partial charge is 0.407 e. The van der Waals surface area contributed by atoms with E-state index in [4.69, 9.17) is 16.3 Å². The highest BCUT2D eigenvalue weighted by atomic mass is 35.5. The van der Waals surface area contributed by atoms with Crippen LogP contribution >= 0.6 is 11.6 Å². The molecular formula is C14H20ClFN2O4. The molecule has 2 unspecified atom stereocenters. The predicted molar refractivity (Wildman–Crippen MR) is 79.0 cm³/mol. The lowest BCUT2D eigenvalue weighted by molar-refractivity contribution is 0.0103. The first kappa shape index (κ1) is 18.6. The van der Waals surface area contributed by atoms with E-state index in [1.807, 2.05) is 0 Å². The van der Waals surface area contributed by atoms with Crippen LogP contribution in [0.3, 0.4) is 0 Å². The summed E-state index contributed by atoms with van der Waals surface area (Å²) in [7, 11) is 0. The molecule has 0 bridgehead atoms. The third kappa shape index (κ3) is 6.13. The molecule has 1 rings (SSSR count). The molecule has 1 heterocycles. The van der Waals surface area contributed by atoms with Crippen LogP contribution in [0.1, 0.15) is 38.9 Å². The van der Waals surface area contributed by atoms with Gasteiger partial charge in [-0.25, -0.2) is 14.2 Å². The van der Waals surface area contributed by atoms with Gasteiger partial charge in [-0.2, -0.15) is 0 Å². The molecule has 1 amide bonds. The van der Waals surface area contributed by atoms with Crippen molar-refractivity contribution in [1.82, 2.24) is 10.3 Å². The number of aliphatic hydroxyl groups excluding tert-OH is 2. The molecule has 3 N–H and O–H groups in total. The van der Waals surface area contributed by atoms with Crippen LogP contribution in [0.25, 0.3) is 0 Å².